The normalized spacial score (nSPS) is 22.0. The number of likely N-dealkylation sites (N-methyl/N-ethyl adjacent to an activating group) is 1. The largest absolute Gasteiger partial charge is 0.492 e. The number of anilines is 2. The lowest BCUT2D eigenvalue weighted by Gasteiger charge is -2.37. The highest BCUT2D eigenvalue weighted by Crippen LogP contribution is 2.38. The molecular formula is C28H32N6O6. The van der Waals surface area contributed by atoms with Crippen LogP contribution in [0.1, 0.15) is 19.3 Å². The highest BCUT2D eigenvalue weighted by molar-refractivity contribution is 5.95. The number of nitrogens with two attached hydrogens (primary N) is 1. The minimum atomic E-state index is -0.441. The number of carbonyl (C=O) groups is 2. The molecule has 210 valence electrons. The summed E-state index contributed by atoms with van der Waals surface area (Å²) in [4.78, 5) is 45.8. The molecule has 2 fully saturated rings. The number of hydrogen-bond donors (Lipinski definition) is 2. The quantitative estimate of drug-likeness (QED) is 0.432. The van der Waals surface area contributed by atoms with E-state index in [0.29, 0.717) is 55.8 Å². The van der Waals surface area contributed by atoms with Crippen LogP contribution in [0.3, 0.4) is 0 Å². The summed E-state index contributed by atoms with van der Waals surface area (Å²) in [5.74, 6) is 1.57. The molecule has 1 saturated carbocycles. The third-order valence-electron chi connectivity index (χ3n) is 7.87. The van der Waals surface area contributed by atoms with Crippen LogP contribution in [0.15, 0.2) is 47.3 Å². The van der Waals surface area contributed by atoms with Gasteiger partial charge in [-0.3, -0.25) is 14.5 Å². The average Bonchev–Trinajstić information content (AvgIpc) is 3.29. The van der Waals surface area contributed by atoms with Crippen LogP contribution in [0.2, 0.25) is 0 Å². The van der Waals surface area contributed by atoms with Crippen molar-refractivity contribution >= 4 is 34.5 Å². The highest BCUT2D eigenvalue weighted by Gasteiger charge is 2.47. The third-order valence-corrected chi connectivity index (χ3v) is 7.87. The number of amides is 2. The second-order valence-electron chi connectivity index (χ2n) is 10.3. The monoisotopic (exact) mass is 548 g/mol. The van der Waals surface area contributed by atoms with E-state index in [2.05, 4.69) is 15.2 Å². The number of nitrogens with one attached hydrogen (secondary N) is 1. The van der Waals surface area contributed by atoms with Crippen LogP contribution in [-0.4, -0.2) is 78.0 Å². The average molecular weight is 549 g/mol. The molecule has 0 radical (unpaired) electrons. The van der Waals surface area contributed by atoms with Gasteiger partial charge in [-0.05, 0) is 62.0 Å². The van der Waals surface area contributed by atoms with E-state index in [1.807, 2.05) is 31.3 Å². The van der Waals surface area contributed by atoms with E-state index < -0.39 is 6.09 Å². The first-order valence-electron chi connectivity index (χ1n) is 13.5. The number of hydrogen-bond acceptors (Lipinski definition) is 9. The minimum Gasteiger partial charge on any atom is -0.492 e. The molecule has 2 aliphatic heterocycles. The Kier molecular flexibility index (Phi) is 7.03. The molecule has 2 amide bonds. The Morgan fingerprint density at radius 3 is 2.85 bits per heavy atom. The Morgan fingerprint density at radius 1 is 1.15 bits per heavy atom. The minimum absolute atomic E-state index is 0.0629. The van der Waals surface area contributed by atoms with E-state index in [0.717, 1.165) is 23.7 Å². The number of rotatable bonds is 8. The van der Waals surface area contributed by atoms with Crippen molar-refractivity contribution in [1.29, 1.82) is 0 Å². The number of fused-ring (bicyclic) bond motifs is 3. The fourth-order valence-electron chi connectivity index (χ4n) is 5.79. The molecule has 1 aliphatic carbocycles. The van der Waals surface area contributed by atoms with Gasteiger partial charge in [0.1, 0.15) is 24.3 Å². The van der Waals surface area contributed by atoms with Gasteiger partial charge in [0.05, 0.1) is 11.6 Å². The van der Waals surface area contributed by atoms with Gasteiger partial charge in [0, 0.05) is 37.8 Å². The van der Waals surface area contributed by atoms with Crippen molar-refractivity contribution in [3.63, 3.8) is 0 Å². The Bertz CT molecular complexity index is 1510. The molecule has 12 heteroatoms. The molecule has 3 atom stereocenters. The zero-order valence-corrected chi connectivity index (χ0v) is 22.2. The molecule has 3 aliphatic rings. The molecule has 6 rings (SSSR count). The lowest BCUT2D eigenvalue weighted by molar-refractivity contribution is -0.118. The van der Waals surface area contributed by atoms with E-state index in [1.54, 1.807) is 27.7 Å². The topological polar surface area (TPSA) is 141 Å². The van der Waals surface area contributed by atoms with Crippen LogP contribution < -0.4 is 31.0 Å². The van der Waals surface area contributed by atoms with Gasteiger partial charge in [0.2, 0.25) is 0 Å². The molecule has 12 nitrogen and oxygen atoms in total. The van der Waals surface area contributed by atoms with Gasteiger partial charge >= 0.3 is 6.09 Å². The number of benzene rings is 1. The SMILES string of the molecule is CN(CCn1c(=O)ccc2ccc(OCCN)cc21)C1CCC2OC(=O)N(c3ccc4c(n3)NC(=O)CO4)C2C1. The summed E-state index contributed by atoms with van der Waals surface area (Å²) < 4.78 is 18.6. The van der Waals surface area contributed by atoms with Gasteiger partial charge in [-0.2, -0.15) is 0 Å². The molecule has 1 saturated heterocycles. The zero-order chi connectivity index (χ0) is 27.8. The summed E-state index contributed by atoms with van der Waals surface area (Å²) >= 11 is 0. The smallest absolute Gasteiger partial charge is 0.416 e. The Labute approximate surface area is 230 Å². The summed E-state index contributed by atoms with van der Waals surface area (Å²) in [6, 6.07) is 12.5. The summed E-state index contributed by atoms with van der Waals surface area (Å²) in [5.41, 5.74) is 6.31. The second kappa shape index (κ2) is 10.8. The van der Waals surface area contributed by atoms with Crippen LogP contribution in [0, 0.1) is 0 Å². The van der Waals surface area contributed by atoms with Crippen LogP contribution in [0.4, 0.5) is 16.4 Å². The Hall–Kier alpha value is -4.16. The van der Waals surface area contributed by atoms with E-state index in [4.69, 9.17) is 19.9 Å². The molecule has 3 aromatic rings. The Morgan fingerprint density at radius 2 is 2.00 bits per heavy atom. The first-order valence-corrected chi connectivity index (χ1v) is 13.5. The maximum Gasteiger partial charge on any atom is 0.416 e. The molecule has 4 heterocycles. The molecular weight excluding hydrogens is 516 g/mol. The second-order valence-corrected chi connectivity index (χ2v) is 10.3. The maximum absolute atomic E-state index is 12.9. The van der Waals surface area contributed by atoms with Crippen molar-refractivity contribution in [2.45, 2.75) is 44.0 Å². The maximum atomic E-state index is 12.9. The lowest BCUT2D eigenvalue weighted by atomic mass is 9.87. The molecule has 3 unspecified atom stereocenters. The summed E-state index contributed by atoms with van der Waals surface area (Å²) in [6.45, 7) is 1.90. The molecule has 3 N–H and O–H groups in total. The number of aromatic nitrogens is 2. The van der Waals surface area contributed by atoms with Crippen molar-refractivity contribution < 1.29 is 23.8 Å². The zero-order valence-electron chi connectivity index (χ0n) is 22.2. The van der Waals surface area contributed by atoms with Gasteiger partial charge in [-0.25, -0.2) is 9.78 Å². The Balaban J connectivity index is 1.17. The number of carbonyl (C=O) groups excluding carboxylic acids is 2. The van der Waals surface area contributed by atoms with Crippen molar-refractivity contribution in [2.24, 2.45) is 5.73 Å². The standard InChI is InChI=1S/C28H32N6O6/c1-32(11-12-33-20-15-19(38-13-10-29)5-2-17(20)3-9-26(33)36)18-4-6-22-21(14-18)34(28(37)40-22)24-8-7-23-27(30-24)31-25(35)16-39-23/h2-3,5,7-9,15,18,21-22H,4,6,10-14,16,29H2,1H3,(H,30,31,35). The number of pyridine rings is 2. The van der Waals surface area contributed by atoms with Gasteiger partial charge in [-0.1, -0.05) is 0 Å². The van der Waals surface area contributed by atoms with Crippen molar-refractivity contribution in [3.05, 3.63) is 52.8 Å². The van der Waals surface area contributed by atoms with Crippen molar-refractivity contribution in [3.8, 4) is 11.5 Å². The van der Waals surface area contributed by atoms with Crippen molar-refractivity contribution in [2.75, 3.05) is 43.6 Å². The van der Waals surface area contributed by atoms with Gasteiger partial charge in [0.25, 0.3) is 11.5 Å². The predicted octanol–water partition coefficient (Wildman–Crippen LogP) is 1.94. The van der Waals surface area contributed by atoms with Crippen LogP contribution in [0.5, 0.6) is 11.5 Å². The van der Waals surface area contributed by atoms with E-state index >= 15 is 0 Å². The highest BCUT2D eigenvalue weighted by atomic mass is 16.6. The summed E-state index contributed by atoms with van der Waals surface area (Å²) in [7, 11) is 2.04. The van der Waals surface area contributed by atoms with Gasteiger partial charge in [-0.15, -0.1) is 0 Å². The molecule has 0 spiro atoms. The summed E-state index contributed by atoms with van der Waals surface area (Å²) in [5, 5.41) is 3.65. The number of nitrogens with zero attached hydrogens (tertiary/aromatic N) is 4. The van der Waals surface area contributed by atoms with Gasteiger partial charge < -0.3 is 34.7 Å². The summed E-state index contributed by atoms with van der Waals surface area (Å²) in [6.07, 6.45) is 1.61. The lowest BCUT2D eigenvalue weighted by Crippen LogP contribution is -2.48. The molecule has 1 aromatic carbocycles. The first-order chi connectivity index (χ1) is 19.4. The van der Waals surface area contributed by atoms with E-state index in [-0.39, 0.29) is 36.3 Å². The third kappa shape index (κ3) is 4.95. The van der Waals surface area contributed by atoms with Gasteiger partial charge in [0.15, 0.2) is 18.2 Å². The predicted molar refractivity (Wildman–Crippen MR) is 148 cm³/mol. The fraction of sp³-hybridized carbons (Fsp3) is 0.429. The van der Waals surface area contributed by atoms with Crippen LogP contribution in [0.25, 0.3) is 10.9 Å². The fourth-order valence-corrected chi connectivity index (χ4v) is 5.79. The van der Waals surface area contributed by atoms with Crippen LogP contribution >= 0.6 is 0 Å². The van der Waals surface area contributed by atoms with E-state index in [1.165, 1.54) is 0 Å². The number of ether oxygens (including phenoxy) is 3. The molecule has 2 aromatic heterocycles. The molecule has 40 heavy (non-hydrogen) atoms. The van der Waals surface area contributed by atoms with E-state index in [9.17, 15) is 14.4 Å². The van der Waals surface area contributed by atoms with Crippen LogP contribution in [-0.2, 0) is 16.1 Å². The molecule has 0 bridgehead atoms. The first kappa shape index (κ1) is 26.1. The van der Waals surface area contributed by atoms with Crippen molar-refractivity contribution in [1.82, 2.24) is 14.5 Å².